The Morgan fingerprint density at radius 2 is 2.38 bits per heavy atom. The Morgan fingerprint density at radius 3 is 2.94 bits per heavy atom. The van der Waals surface area contributed by atoms with Crippen molar-refractivity contribution in [2.24, 2.45) is 11.8 Å². The fraction of sp³-hybridized carbons (Fsp3) is 0.500. The number of aryl methyl sites for hydroxylation is 1. The van der Waals surface area contributed by atoms with Crippen LogP contribution >= 0.6 is 15.9 Å². The lowest BCUT2D eigenvalue weighted by atomic mass is 9.90. The van der Waals surface area contributed by atoms with Gasteiger partial charge in [-0.25, -0.2) is 0 Å². The Bertz CT molecular complexity index is 364. The summed E-state index contributed by atoms with van der Waals surface area (Å²) in [4.78, 5) is 0. The first-order valence-electron chi connectivity index (χ1n) is 5.52. The van der Waals surface area contributed by atoms with Gasteiger partial charge in [0.15, 0.2) is 0 Å². The molecule has 0 radical (unpaired) electrons. The van der Waals surface area contributed by atoms with Crippen LogP contribution in [-0.2, 0) is 4.74 Å². The predicted molar refractivity (Wildman–Crippen MR) is 67.9 cm³/mol. The molecule has 3 nitrogen and oxygen atoms in total. The smallest absolute Gasteiger partial charge is 0.0513 e. The molecule has 0 spiro atoms. The van der Waals surface area contributed by atoms with E-state index in [0.717, 1.165) is 24.1 Å². The molecule has 1 heterocycles. The lowest BCUT2D eigenvalue weighted by molar-refractivity contribution is 0.176. The summed E-state index contributed by atoms with van der Waals surface area (Å²) in [6.45, 7) is 3.75. The van der Waals surface area contributed by atoms with E-state index in [4.69, 9.17) is 10.6 Å². The molecule has 1 fully saturated rings. The van der Waals surface area contributed by atoms with Crippen LogP contribution in [0.5, 0.6) is 0 Å². The van der Waals surface area contributed by atoms with Gasteiger partial charge in [0.2, 0.25) is 0 Å². The third-order valence-electron chi connectivity index (χ3n) is 3.18. The number of rotatable bonds is 3. The molecule has 16 heavy (non-hydrogen) atoms. The number of halogens is 1. The number of nitrogens with two attached hydrogens (primary N) is 1. The lowest BCUT2D eigenvalue weighted by Crippen LogP contribution is -2.34. The minimum absolute atomic E-state index is 0.190. The molecule has 1 saturated heterocycles. The molecule has 0 saturated carbocycles. The predicted octanol–water partition coefficient (Wildman–Crippen LogP) is 2.30. The Morgan fingerprint density at radius 1 is 1.56 bits per heavy atom. The Kier molecular flexibility index (Phi) is 3.97. The van der Waals surface area contributed by atoms with Gasteiger partial charge in [0.05, 0.1) is 12.6 Å². The Balaban J connectivity index is 2.25. The van der Waals surface area contributed by atoms with Crippen molar-refractivity contribution < 1.29 is 4.74 Å². The molecule has 88 valence electrons. The van der Waals surface area contributed by atoms with E-state index in [0.29, 0.717) is 5.92 Å². The van der Waals surface area contributed by atoms with Crippen molar-refractivity contribution >= 4 is 15.9 Å². The van der Waals surface area contributed by atoms with Crippen molar-refractivity contribution in [2.75, 3.05) is 13.2 Å². The summed E-state index contributed by atoms with van der Waals surface area (Å²) in [7, 11) is 0. The molecule has 0 aromatic heterocycles. The highest BCUT2D eigenvalue weighted by Gasteiger charge is 2.27. The fourth-order valence-electron chi connectivity index (χ4n) is 2.28. The second-order valence-electron chi connectivity index (χ2n) is 4.27. The Hall–Kier alpha value is -0.420. The molecule has 2 unspecified atom stereocenters. The van der Waals surface area contributed by atoms with Crippen LogP contribution in [0.2, 0.25) is 0 Å². The highest BCUT2D eigenvalue weighted by Crippen LogP contribution is 2.31. The van der Waals surface area contributed by atoms with Gasteiger partial charge >= 0.3 is 0 Å². The zero-order valence-corrected chi connectivity index (χ0v) is 11.0. The lowest BCUT2D eigenvalue weighted by Gasteiger charge is -2.23. The van der Waals surface area contributed by atoms with E-state index in [9.17, 15) is 0 Å². The summed E-state index contributed by atoms with van der Waals surface area (Å²) in [6.07, 6.45) is 1.07. The summed E-state index contributed by atoms with van der Waals surface area (Å²) >= 11 is 3.47. The number of hydrazine groups is 1. The maximum atomic E-state index is 5.67. The van der Waals surface area contributed by atoms with Gasteiger partial charge in [0.25, 0.3) is 0 Å². The van der Waals surface area contributed by atoms with Crippen LogP contribution in [0, 0.1) is 12.8 Å². The molecule has 0 amide bonds. The van der Waals surface area contributed by atoms with Gasteiger partial charge in [-0.2, -0.15) is 0 Å². The van der Waals surface area contributed by atoms with Gasteiger partial charge in [0.1, 0.15) is 0 Å². The number of hydrogen-bond donors (Lipinski definition) is 2. The molecule has 1 aliphatic rings. The van der Waals surface area contributed by atoms with Gasteiger partial charge in [-0.1, -0.05) is 22.0 Å². The molecule has 3 N–H and O–H groups in total. The Labute approximate surface area is 104 Å². The van der Waals surface area contributed by atoms with E-state index in [2.05, 4.69) is 46.5 Å². The van der Waals surface area contributed by atoms with E-state index < -0.39 is 0 Å². The van der Waals surface area contributed by atoms with Crippen LogP contribution in [0.4, 0.5) is 0 Å². The van der Waals surface area contributed by atoms with Crippen molar-refractivity contribution in [3.8, 4) is 0 Å². The second kappa shape index (κ2) is 5.27. The molecule has 0 aliphatic carbocycles. The van der Waals surface area contributed by atoms with E-state index in [1.165, 1.54) is 11.1 Å². The maximum Gasteiger partial charge on any atom is 0.0513 e. The third kappa shape index (κ3) is 2.46. The topological polar surface area (TPSA) is 47.3 Å². The van der Waals surface area contributed by atoms with Crippen LogP contribution in [0.25, 0.3) is 0 Å². The first-order chi connectivity index (χ1) is 7.72. The van der Waals surface area contributed by atoms with Gasteiger partial charge < -0.3 is 4.74 Å². The SMILES string of the molecule is Cc1cc(Br)ccc1C(NN)C1CCOC1. The van der Waals surface area contributed by atoms with E-state index in [-0.39, 0.29) is 6.04 Å². The zero-order valence-electron chi connectivity index (χ0n) is 9.37. The van der Waals surface area contributed by atoms with Gasteiger partial charge in [0, 0.05) is 17.0 Å². The zero-order chi connectivity index (χ0) is 11.5. The average molecular weight is 285 g/mol. The van der Waals surface area contributed by atoms with Crippen molar-refractivity contribution in [1.29, 1.82) is 0 Å². The summed E-state index contributed by atoms with van der Waals surface area (Å²) in [5.41, 5.74) is 5.44. The minimum Gasteiger partial charge on any atom is -0.381 e. The summed E-state index contributed by atoms with van der Waals surface area (Å²) in [5, 5.41) is 0. The largest absolute Gasteiger partial charge is 0.381 e. The monoisotopic (exact) mass is 284 g/mol. The van der Waals surface area contributed by atoms with E-state index in [1.807, 2.05) is 0 Å². The van der Waals surface area contributed by atoms with Crippen molar-refractivity contribution in [3.63, 3.8) is 0 Å². The molecule has 1 aromatic rings. The molecule has 1 aliphatic heterocycles. The number of ether oxygens (including phenoxy) is 1. The summed E-state index contributed by atoms with van der Waals surface area (Å²) in [5.74, 6) is 6.15. The quantitative estimate of drug-likeness (QED) is 0.661. The molecule has 2 atom stereocenters. The van der Waals surface area contributed by atoms with Crippen LogP contribution in [0.1, 0.15) is 23.6 Å². The van der Waals surface area contributed by atoms with Crippen molar-refractivity contribution in [3.05, 3.63) is 33.8 Å². The normalized spacial score (nSPS) is 22.3. The highest BCUT2D eigenvalue weighted by atomic mass is 79.9. The van der Waals surface area contributed by atoms with Crippen LogP contribution in [0.15, 0.2) is 22.7 Å². The van der Waals surface area contributed by atoms with Gasteiger partial charge in [-0.15, -0.1) is 0 Å². The van der Waals surface area contributed by atoms with Crippen LogP contribution in [-0.4, -0.2) is 13.2 Å². The van der Waals surface area contributed by atoms with E-state index in [1.54, 1.807) is 0 Å². The molecule has 0 bridgehead atoms. The average Bonchev–Trinajstić information content (AvgIpc) is 2.75. The highest BCUT2D eigenvalue weighted by molar-refractivity contribution is 9.10. The standard InChI is InChI=1S/C12H17BrN2O/c1-8-6-10(13)2-3-11(8)12(15-14)9-4-5-16-7-9/h2-3,6,9,12,15H,4-5,7,14H2,1H3. The maximum absolute atomic E-state index is 5.67. The molecular weight excluding hydrogens is 268 g/mol. The first-order valence-corrected chi connectivity index (χ1v) is 6.31. The van der Waals surface area contributed by atoms with Gasteiger partial charge in [-0.3, -0.25) is 11.3 Å². The van der Waals surface area contributed by atoms with Crippen molar-refractivity contribution in [1.82, 2.24) is 5.43 Å². The number of hydrogen-bond acceptors (Lipinski definition) is 3. The number of nitrogens with one attached hydrogen (secondary N) is 1. The molecule has 2 rings (SSSR count). The van der Waals surface area contributed by atoms with Gasteiger partial charge in [-0.05, 0) is 36.6 Å². The molecule has 1 aromatic carbocycles. The second-order valence-corrected chi connectivity index (χ2v) is 5.18. The summed E-state index contributed by atoms with van der Waals surface area (Å²) < 4.78 is 6.52. The van der Waals surface area contributed by atoms with Crippen molar-refractivity contribution in [2.45, 2.75) is 19.4 Å². The van der Waals surface area contributed by atoms with Crippen LogP contribution < -0.4 is 11.3 Å². The van der Waals surface area contributed by atoms with Crippen LogP contribution in [0.3, 0.4) is 0 Å². The molecular formula is C12H17BrN2O. The van der Waals surface area contributed by atoms with E-state index >= 15 is 0 Å². The fourth-order valence-corrected chi connectivity index (χ4v) is 2.76. The molecule has 4 heteroatoms. The minimum atomic E-state index is 0.190. The summed E-state index contributed by atoms with van der Waals surface area (Å²) in [6, 6.07) is 6.50. The first kappa shape index (κ1) is 12.0. The third-order valence-corrected chi connectivity index (χ3v) is 3.68. The number of benzene rings is 1.